The number of fused-ring (bicyclic) bond motifs is 8. The van der Waals surface area contributed by atoms with Crippen molar-refractivity contribution in [1.82, 2.24) is 4.57 Å². The molecule has 1 aliphatic heterocycles. The number of rotatable bonds is 3. The third-order valence-corrected chi connectivity index (χ3v) is 10.6. The third-order valence-electron chi connectivity index (χ3n) is 10.6. The smallest absolute Gasteiger partial charge is 0.135 e. The van der Waals surface area contributed by atoms with E-state index in [1.54, 1.807) is 0 Å². The van der Waals surface area contributed by atoms with E-state index >= 15 is 0 Å². The van der Waals surface area contributed by atoms with Gasteiger partial charge in [0.1, 0.15) is 11.5 Å². The van der Waals surface area contributed by atoms with Gasteiger partial charge >= 0.3 is 0 Å². The summed E-state index contributed by atoms with van der Waals surface area (Å²) in [5, 5.41) is 9.99. The summed E-state index contributed by atoms with van der Waals surface area (Å²) in [5.74, 6) is 1.82. The van der Waals surface area contributed by atoms with E-state index < -0.39 is 0 Å². The van der Waals surface area contributed by atoms with Gasteiger partial charge in [0.2, 0.25) is 0 Å². The van der Waals surface area contributed by atoms with Crippen LogP contribution in [0, 0.1) is 0 Å². The number of aromatic nitrogens is 1. The Hall–Kier alpha value is -6.64. The molecule has 0 radical (unpaired) electrons. The second kappa shape index (κ2) is 10.4. The Morgan fingerprint density at radius 2 is 1.00 bits per heavy atom. The molecule has 2 nitrogen and oxygen atoms in total. The standard InChI is InChI=1S/C48H29NO/c1-2-11-34-29-44-42(27-33(34)10-1)48-39-16-4-3-9-30(39)21-25-43(48)49(44)36-23-19-31(20-24-36)37-14-5-6-15-38(37)35-22-26-45-41(28-35)40-17-7-12-32-13-8-18-46(50-45)47(32)40/h1-29H. The van der Waals surface area contributed by atoms with Crippen molar-refractivity contribution >= 4 is 54.1 Å². The van der Waals surface area contributed by atoms with E-state index in [4.69, 9.17) is 4.74 Å². The van der Waals surface area contributed by atoms with Crippen LogP contribution in [-0.2, 0) is 0 Å². The molecule has 50 heavy (non-hydrogen) atoms. The van der Waals surface area contributed by atoms with E-state index in [1.807, 2.05) is 0 Å². The molecule has 0 amide bonds. The normalized spacial score (nSPS) is 12.2. The van der Waals surface area contributed by atoms with Crippen molar-refractivity contribution in [3.63, 3.8) is 0 Å². The second-order valence-corrected chi connectivity index (χ2v) is 13.3. The molecule has 0 unspecified atom stereocenters. The van der Waals surface area contributed by atoms with Crippen LogP contribution in [0.3, 0.4) is 0 Å². The van der Waals surface area contributed by atoms with Gasteiger partial charge in [-0.1, -0.05) is 127 Å². The first-order chi connectivity index (χ1) is 24.8. The number of ether oxygens (including phenoxy) is 1. The molecule has 0 aliphatic carbocycles. The lowest BCUT2D eigenvalue weighted by Crippen LogP contribution is -1.97. The van der Waals surface area contributed by atoms with Crippen molar-refractivity contribution in [3.8, 4) is 50.6 Å². The Morgan fingerprint density at radius 1 is 0.340 bits per heavy atom. The van der Waals surface area contributed by atoms with Gasteiger partial charge < -0.3 is 9.30 Å². The summed E-state index contributed by atoms with van der Waals surface area (Å²) in [5.41, 5.74) is 10.7. The minimum atomic E-state index is 0.897. The van der Waals surface area contributed by atoms with E-state index in [0.29, 0.717) is 0 Å². The van der Waals surface area contributed by atoms with Crippen LogP contribution in [0.1, 0.15) is 0 Å². The monoisotopic (exact) mass is 635 g/mol. The maximum atomic E-state index is 6.41. The quantitative estimate of drug-likeness (QED) is 0.188. The maximum Gasteiger partial charge on any atom is 0.135 e. The van der Waals surface area contributed by atoms with Gasteiger partial charge in [0.05, 0.1) is 11.0 Å². The molecular weight excluding hydrogens is 607 g/mol. The van der Waals surface area contributed by atoms with Gasteiger partial charge in [-0.25, -0.2) is 0 Å². The maximum absolute atomic E-state index is 6.41. The van der Waals surface area contributed by atoms with E-state index in [0.717, 1.165) is 22.7 Å². The summed E-state index contributed by atoms with van der Waals surface area (Å²) in [6, 6.07) is 63.8. The fourth-order valence-corrected chi connectivity index (χ4v) is 8.26. The fourth-order valence-electron chi connectivity index (χ4n) is 8.26. The highest BCUT2D eigenvalue weighted by molar-refractivity contribution is 6.23. The van der Waals surface area contributed by atoms with Crippen molar-refractivity contribution in [2.75, 3.05) is 0 Å². The van der Waals surface area contributed by atoms with Gasteiger partial charge in [-0.05, 0) is 103 Å². The molecule has 0 fully saturated rings. The predicted octanol–water partition coefficient (Wildman–Crippen LogP) is 13.3. The molecule has 1 aliphatic rings. The van der Waals surface area contributed by atoms with E-state index in [-0.39, 0.29) is 0 Å². The average Bonchev–Trinajstić information content (AvgIpc) is 3.50. The average molecular weight is 636 g/mol. The van der Waals surface area contributed by atoms with E-state index in [9.17, 15) is 0 Å². The summed E-state index contributed by atoms with van der Waals surface area (Å²) in [7, 11) is 0. The van der Waals surface area contributed by atoms with Crippen LogP contribution in [0.5, 0.6) is 11.5 Å². The van der Waals surface area contributed by atoms with Gasteiger partial charge in [0, 0.05) is 27.4 Å². The highest BCUT2D eigenvalue weighted by Crippen LogP contribution is 2.48. The molecule has 232 valence electrons. The highest BCUT2D eigenvalue weighted by Gasteiger charge is 2.21. The van der Waals surface area contributed by atoms with Crippen molar-refractivity contribution in [2.45, 2.75) is 0 Å². The van der Waals surface area contributed by atoms with Gasteiger partial charge in [0.25, 0.3) is 0 Å². The van der Waals surface area contributed by atoms with Gasteiger partial charge in [-0.2, -0.15) is 0 Å². The lowest BCUT2D eigenvalue weighted by atomic mass is 9.90. The Labute approximate surface area is 289 Å². The zero-order valence-electron chi connectivity index (χ0n) is 27.1. The van der Waals surface area contributed by atoms with Crippen molar-refractivity contribution in [2.24, 2.45) is 0 Å². The number of hydrogen-bond donors (Lipinski definition) is 0. The van der Waals surface area contributed by atoms with Crippen molar-refractivity contribution in [3.05, 3.63) is 176 Å². The summed E-state index contributed by atoms with van der Waals surface area (Å²) in [6.45, 7) is 0. The van der Waals surface area contributed by atoms with Gasteiger partial charge in [-0.15, -0.1) is 0 Å². The molecule has 0 saturated carbocycles. The lowest BCUT2D eigenvalue weighted by Gasteiger charge is -2.22. The van der Waals surface area contributed by atoms with Gasteiger partial charge in [-0.3, -0.25) is 0 Å². The molecule has 2 heteroatoms. The number of nitrogens with zero attached hydrogens (tertiary/aromatic N) is 1. The summed E-state index contributed by atoms with van der Waals surface area (Å²) in [6.07, 6.45) is 0. The fraction of sp³-hybridized carbons (Fsp3) is 0. The SMILES string of the molecule is c1ccc(-c2ccc3c(c2)-c2cccc4cccc(c24)O3)c(-c2ccc(-n3c4cc5ccccc5cc4c4c5ccccc5ccc43)cc2)c1. The van der Waals surface area contributed by atoms with Crippen LogP contribution in [0.25, 0.3) is 93.2 Å². The Kier molecular flexibility index (Phi) is 5.70. The van der Waals surface area contributed by atoms with Crippen LogP contribution >= 0.6 is 0 Å². The van der Waals surface area contributed by atoms with Crippen LogP contribution in [0.4, 0.5) is 0 Å². The molecule has 10 aromatic rings. The molecule has 2 heterocycles. The molecule has 1 aromatic heterocycles. The third kappa shape index (κ3) is 3.96. The molecule has 0 spiro atoms. The van der Waals surface area contributed by atoms with Crippen molar-refractivity contribution < 1.29 is 4.74 Å². The molecule has 11 rings (SSSR count). The Bertz CT molecular complexity index is 3000. The van der Waals surface area contributed by atoms with E-state index in [1.165, 1.54) is 81.9 Å². The summed E-state index contributed by atoms with van der Waals surface area (Å²) < 4.78 is 8.84. The first-order valence-corrected chi connectivity index (χ1v) is 17.2. The first-order valence-electron chi connectivity index (χ1n) is 17.2. The first kappa shape index (κ1) is 27.3. The Balaban J connectivity index is 1.06. The molecule has 9 aromatic carbocycles. The van der Waals surface area contributed by atoms with Crippen LogP contribution < -0.4 is 4.74 Å². The predicted molar refractivity (Wildman–Crippen MR) is 210 cm³/mol. The minimum absolute atomic E-state index is 0.897. The molecule has 0 atom stereocenters. The summed E-state index contributed by atoms with van der Waals surface area (Å²) in [4.78, 5) is 0. The second-order valence-electron chi connectivity index (χ2n) is 13.3. The molecule has 0 N–H and O–H groups in total. The molecule has 0 bridgehead atoms. The number of hydrogen-bond acceptors (Lipinski definition) is 1. The van der Waals surface area contributed by atoms with Crippen LogP contribution in [0.15, 0.2) is 176 Å². The number of benzene rings is 9. The molecular formula is C48H29NO. The highest BCUT2D eigenvalue weighted by atomic mass is 16.5. The zero-order valence-corrected chi connectivity index (χ0v) is 27.1. The minimum Gasteiger partial charge on any atom is -0.456 e. The molecule has 0 saturated heterocycles. The lowest BCUT2D eigenvalue weighted by molar-refractivity contribution is 0.487. The largest absolute Gasteiger partial charge is 0.456 e. The van der Waals surface area contributed by atoms with Crippen LogP contribution in [0.2, 0.25) is 0 Å². The van der Waals surface area contributed by atoms with Crippen LogP contribution in [-0.4, -0.2) is 4.57 Å². The summed E-state index contributed by atoms with van der Waals surface area (Å²) >= 11 is 0. The topological polar surface area (TPSA) is 14.2 Å². The van der Waals surface area contributed by atoms with Crippen molar-refractivity contribution in [1.29, 1.82) is 0 Å². The van der Waals surface area contributed by atoms with E-state index in [2.05, 4.69) is 180 Å². The van der Waals surface area contributed by atoms with Gasteiger partial charge in [0.15, 0.2) is 0 Å². The zero-order chi connectivity index (χ0) is 32.8. The Morgan fingerprint density at radius 3 is 1.84 bits per heavy atom.